The molecule has 0 aromatic carbocycles. The number of aliphatic hydroxyl groups excluding tert-OH is 1. The lowest BCUT2D eigenvalue weighted by Crippen LogP contribution is -2.58. The Labute approximate surface area is 141 Å². The third kappa shape index (κ3) is 3.80. The average molecular weight is 335 g/mol. The Kier molecular flexibility index (Phi) is 6.78. The summed E-state index contributed by atoms with van der Waals surface area (Å²) in [6.07, 6.45) is -0.237. The van der Waals surface area contributed by atoms with Crippen LogP contribution in [0.2, 0.25) is 0 Å². The van der Waals surface area contributed by atoms with Crippen LogP contribution in [0.1, 0.15) is 61.8 Å². The van der Waals surface area contributed by atoms with Gasteiger partial charge in [-0.25, -0.2) is 0 Å². The molecule has 0 amide bonds. The number of alkyl halides is 1. The molecular formula is C18H35ClO3. The van der Waals surface area contributed by atoms with Crippen LogP contribution in [0.3, 0.4) is 0 Å². The highest BCUT2D eigenvalue weighted by Gasteiger charge is 2.53. The fourth-order valence-corrected chi connectivity index (χ4v) is 3.94. The summed E-state index contributed by atoms with van der Waals surface area (Å²) in [5, 5.41) is 10.7. The zero-order chi connectivity index (χ0) is 17.3. The molecule has 0 spiro atoms. The largest absolute Gasteiger partial charge is 0.388 e. The molecule has 0 saturated carbocycles. The first-order valence-electron chi connectivity index (χ1n) is 8.54. The molecule has 1 fully saturated rings. The van der Waals surface area contributed by atoms with Gasteiger partial charge in [0.15, 0.2) is 6.29 Å². The van der Waals surface area contributed by atoms with Crippen LogP contribution in [0, 0.1) is 22.7 Å². The maximum Gasteiger partial charge on any atom is 0.184 e. The van der Waals surface area contributed by atoms with E-state index in [2.05, 4.69) is 41.5 Å². The van der Waals surface area contributed by atoms with Gasteiger partial charge in [0.05, 0.1) is 12.2 Å². The molecule has 0 aromatic rings. The maximum absolute atomic E-state index is 10.7. The standard InChI is InChI=1S/C18H35ClO3/c1-9-17(5,6)18(7,8)14-12(4)15(20)16(21-11(2)3)22-13(14)10-19/h11-16,20H,9-10H2,1-8H3/t12?,13?,14?,15-,16?/m0/s1. The van der Waals surface area contributed by atoms with E-state index < -0.39 is 12.4 Å². The summed E-state index contributed by atoms with van der Waals surface area (Å²) in [6, 6.07) is 0. The number of hydrogen-bond acceptors (Lipinski definition) is 3. The number of aliphatic hydroxyl groups is 1. The summed E-state index contributed by atoms with van der Waals surface area (Å²) in [6.45, 7) is 17.3. The zero-order valence-electron chi connectivity index (χ0n) is 15.5. The molecule has 0 bridgehead atoms. The minimum atomic E-state index is -0.626. The van der Waals surface area contributed by atoms with Crippen molar-refractivity contribution in [3.63, 3.8) is 0 Å². The Morgan fingerprint density at radius 1 is 1.23 bits per heavy atom. The fraction of sp³-hybridized carbons (Fsp3) is 1.00. The molecule has 5 atom stereocenters. The van der Waals surface area contributed by atoms with Crippen molar-refractivity contribution in [2.45, 2.75) is 86.4 Å². The minimum absolute atomic E-state index is 0.00942. The van der Waals surface area contributed by atoms with Crippen LogP contribution in [-0.4, -0.2) is 35.6 Å². The monoisotopic (exact) mass is 334 g/mol. The summed E-state index contributed by atoms with van der Waals surface area (Å²) < 4.78 is 11.8. The van der Waals surface area contributed by atoms with Crippen molar-refractivity contribution in [1.82, 2.24) is 0 Å². The van der Waals surface area contributed by atoms with Gasteiger partial charge in [0.25, 0.3) is 0 Å². The lowest BCUT2D eigenvalue weighted by atomic mass is 9.55. The van der Waals surface area contributed by atoms with Crippen molar-refractivity contribution in [2.24, 2.45) is 22.7 Å². The Bertz CT molecular complexity index is 352. The Hall–Kier alpha value is 0.170. The number of rotatable bonds is 6. The van der Waals surface area contributed by atoms with Crippen molar-refractivity contribution in [1.29, 1.82) is 0 Å². The summed E-state index contributed by atoms with van der Waals surface area (Å²) in [5.41, 5.74) is 0.121. The molecule has 132 valence electrons. The molecule has 1 aliphatic heterocycles. The Morgan fingerprint density at radius 2 is 1.77 bits per heavy atom. The van der Waals surface area contributed by atoms with E-state index in [9.17, 15) is 5.11 Å². The van der Waals surface area contributed by atoms with Gasteiger partial charge in [-0.15, -0.1) is 11.6 Å². The quantitative estimate of drug-likeness (QED) is 0.729. The molecule has 1 heterocycles. The molecule has 1 N–H and O–H groups in total. The van der Waals surface area contributed by atoms with Gasteiger partial charge in [-0.05, 0) is 36.5 Å². The molecule has 22 heavy (non-hydrogen) atoms. The van der Waals surface area contributed by atoms with E-state index in [1.54, 1.807) is 0 Å². The predicted octanol–water partition coefficient (Wildman–Crippen LogP) is 4.45. The summed E-state index contributed by atoms with van der Waals surface area (Å²) in [5.74, 6) is 0.673. The van der Waals surface area contributed by atoms with Crippen LogP contribution in [0.5, 0.6) is 0 Å². The first-order chi connectivity index (χ1) is 9.99. The number of halogens is 1. The number of hydrogen-bond donors (Lipinski definition) is 1. The van der Waals surface area contributed by atoms with E-state index in [1.807, 2.05) is 13.8 Å². The van der Waals surface area contributed by atoms with Crippen molar-refractivity contribution in [3.05, 3.63) is 0 Å². The second-order valence-corrected chi connectivity index (χ2v) is 8.53. The highest BCUT2D eigenvalue weighted by atomic mass is 35.5. The third-order valence-corrected chi connectivity index (χ3v) is 6.42. The molecule has 4 unspecified atom stereocenters. The highest BCUT2D eigenvalue weighted by molar-refractivity contribution is 6.18. The Morgan fingerprint density at radius 3 is 2.18 bits per heavy atom. The maximum atomic E-state index is 10.7. The van der Waals surface area contributed by atoms with Gasteiger partial charge in [-0.2, -0.15) is 0 Å². The lowest BCUT2D eigenvalue weighted by Gasteiger charge is -2.55. The molecule has 1 saturated heterocycles. The van der Waals surface area contributed by atoms with Gasteiger partial charge >= 0.3 is 0 Å². The van der Waals surface area contributed by atoms with E-state index >= 15 is 0 Å². The van der Waals surface area contributed by atoms with Gasteiger partial charge in [0, 0.05) is 5.88 Å². The van der Waals surface area contributed by atoms with E-state index in [4.69, 9.17) is 21.1 Å². The van der Waals surface area contributed by atoms with Crippen LogP contribution < -0.4 is 0 Å². The van der Waals surface area contributed by atoms with Gasteiger partial charge in [-0.1, -0.05) is 48.0 Å². The second kappa shape index (κ2) is 7.38. The summed E-state index contributed by atoms with van der Waals surface area (Å²) >= 11 is 6.23. The smallest absolute Gasteiger partial charge is 0.184 e. The van der Waals surface area contributed by atoms with Crippen molar-refractivity contribution in [3.8, 4) is 0 Å². The van der Waals surface area contributed by atoms with Gasteiger partial charge in [0.2, 0.25) is 0 Å². The lowest BCUT2D eigenvalue weighted by molar-refractivity contribution is -0.294. The second-order valence-electron chi connectivity index (χ2n) is 8.22. The topological polar surface area (TPSA) is 38.7 Å². The molecule has 4 heteroatoms. The van der Waals surface area contributed by atoms with Gasteiger partial charge in [-0.3, -0.25) is 0 Å². The minimum Gasteiger partial charge on any atom is -0.388 e. The van der Waals surface area contributed by atoms with Crippen LogP contribution in [0.4, 0.5) is 0 Å². The molecule has 0 aliphatic carbocycles. The predicted molar refractivity (Wildman–Crippen MR) is 92.1 cm³/mol. The van der Waals surface area contributed by atoms with Crippen molar-refractivity contribution < 1.29 is 14.6 Å². The summed E-state index contributed by atoms with van der Waals surface area (Å²) in [7, 11) is 0. The van der Waals surface area contributed by atoms with E-state index in [1.165, 1.54) is 0 Å². The van der Waals surface area contributed by atoms with Crippen molar-refractivity contribution in [2.75, 3.05) is 5.88 Å². The van der Waals surface area contributed by atoms with Crippen LogP contribution in [0.25, 0.3) is 0 Å². The first-order valence-corrected chi connectivity index (χ1v) is 9.08. The Balaban J connectivity index is 3.10. The average Bonchev–Trinajstić information content (AvgIpc) is 2.42. The molecule has 3 nitrogen and oxygen atoms in total. The fourth-order valence-electron chi connectivity index (χ4n) is 3.68. The van der Waals surface area contributed by atoms with Crippen molar-refractivity contribution >= 4 is 11.6 Å². The third-order valence-electron chi connectivity index (χ3n) is 6.11. The van der Waals surface area contributed by atoms with Gasteiger partial charge < -0.3 is 14.6 Å². The van der Waals surface area contributed by atoms with E-state index in [0.717, 1.165) is 6.42 Å². The van der Waals surface area contributed by atoms with E-state index in [-0.39, 0.29) is 34.9 Å². The van der Waals surface area contributed by atoms with E-state index in [0.29, 0.717) is 5.88 Å². The highest BCUT2D eigenvalue weighted by Crippen LogP contribution is 2.53. The zero-order valence-corrected chi connectivity index (χ0v) is 16.3. The van der Waals surface area contributed by atoms with Gasteiger partial charge in [0.1, 0.15) is 6.10 Å². The number of ether oxygens (including phenoxy) is 2. The normalized spacial score (nSPS) is 34.2. The molecule has 0 radical (unpaired) electrons. The van der Waals surface area contributed by atoms with Crippen LogP contribution in [0.15, 0.2) is 0 Å². The van der Waals surface area contributed by atoms with Crippen LogP contribution in [-0.2, 0) is 9.47 Å². The molecule has 0 aromatic heterocycles. The molecule has 1 rings (SSSR count). The molecular weight excluding hydrogens is 300 g/mol. The SMILES string of the molecule is CCC(C)(C)C(C)(C)C1C(CCl)OC(OC(C)C)[C@@H](O)C1C. The van der Waals surface area contributed by atoms with Crippen LogP contribution >= 0.6 is 11.6 Å². The molecule has 1 aliphatic rings. The summed E-state index contributed by atoms with van der Waals surface area (Å²) in [4.78, 5) is 0. The first kappa shape index (κ1) is 20.2.